The first-order valence-corrected chi connectivity index (χ1v) is 6.82. The number of hydrogen-bond donors (Lipinski definition) is 2. The maximum Gasteiger partial charge on any atom is 0.311 e. The van der Waals surface area contributed by atoms with Crippen molar-refractivity contribution in [3.63, 3.8) is 0 Å². The molecule has 0 atom stereocenters. The summed E-state index contributed by atoms with van der Waals surface area (Å²) < 4.78 is 4.24. The first-order chi connectivity index (χ1) is 8.20. The van der Waals surface area contributed by atoms with Crippen LogP contribution in [0.5, 0.6) is 0 Å². The predicted octanol–water partition coefficient (Wildman–Crippen LogP) is 2.79. The monoisotopic (exact) mass is 271 g/mol. The molecular weight excluding hydrogens is 250 g/mol. The Morgan fingerprint density at radius 3 is 2.50 bits per heavy atom. The molecule has 0 bridgehead atoms. The minimum atomic E-state index is -0.899. The topological polar surface area (TPSA) is 75.1 Å². The highest BCUT2D eigenvalue weighted by Gasteiger charge is 2.44. The van der Waals surface area contributed by atoms with Crippen molar-refractivity contribution in [3.8, 4) is 0 Å². The zero-order valence-corrected chi connectivity index (χ0v) is 12.4. The molecule has 0 saturated heterocycles. The highest BCUT2D eigenvalue weighted by molar-refractivity contribution is 7.09. The van der Waals surface area contributed by atoms with E-state index in [9.17, 15) is 9.90 Å². The molecule has 0 aliphatic rings. The lowest BCUT2D eigenvalue weighted by molar-refractivity contribution is -0.149. The van der Waals surface area contributed by atoms with E-state index in [1.165, 1.54) is 11.5 Å². The van der Waals surface area contributed by atoms with E-state index in [4.69, 9.17) is 0 Å². The van der Waals surface area contributed by atoms with Crippen LogP contribution in [0.25, 0.3) is 0 Å². The number of nitrogens with zero attached hydrogens (tertiary/aromatic N) is 2. The van der Waals surface area contributed by atoms with Gasteiger partial charge in [0.1, 0.15) is 5.82 Å². The van der Waals surface area contributed by atoms with Gasteiger partial charge in [-0.2, -0.15) is 4.37 Å². The van der Waals surface area contributed by atoms with Crippen LogP contribution in [-0.2, 0) is 11.2 Å². The molecule has 1 aromatic heterocycles. The highest BCUT2D eigenvalue weighted by atomic mass is 32.1. The van der Waals surface area contributed by atoms with Gasteiger partial charge in [0, 0.05) is 23.5 Å². The molecule has 0 fully saturated rings. The summed E-state index contributed by atoms with van der Waals surface area (Å²) in [6.07, 6.45) is 1.85. The quantitative estimate of drug-likeness (QED) is 0.832. The van der Waals surface area contributed by atoms with Crippen molar-refractivity contribution in [2.75, 3.05) is 5.32 Å². The molecule has 5 nitrogen and oxygen atoms in total. The zero-order chi connectivity index (χ0) is 14.0. The molecule has 0 saturated carbocycles. The number of aryl methyl sites for hydroxylation is 1. The third-order valence-electron chi connectivity index (χ3n) is 3.46. The fourth-order valence-electron chi connectivity index (χ4n) is 1.32. The Bertz CT molecular complexity index is 427. The molecule has 18 heavy (non-hydrogen) atoms. The fraction of sp³-hybridized carbons (Fsp3) is 0.750. The molecule has 0 amide bonds. The average Bonchev–Trinajstić information content (AvgIpc) is 2.64. The largest absolute Gasteiger partial charge is 0.481 e. The van der Waals surface area contributed by atoms with Gasteiger partial charge < -0.3 is 10.4 Å². The summed E-state index contributed by atoms with van der Waals surface area (Å²) in [6, 6.07) is 0. The van der Waals surface area contributed by atoms with Crippen molar-refractivity contribution >= 4 is 22.6 Å². The van der Waals surface area contributed by atoms with Gasteiger partial charge in [-0.3, -0.25) is 4.79 Å². The summed E-state index contributed by atoms with van der Waals surface area (Å²) in [4.78, 5) is 15.7. The third-order valence-corrected chi connectivity index (χ3v) is 4.13. The average molecular weight is 271 g/mol. The molecule has 1 aromatic rings. The summed E-state index contributed by atoms with van der Waals surface area (Å²) in [6.45, 7) is 9.21. The molecule has 0 aliphatic carbocycles. The number of carboxylic acid groups (broad SMARTS) is 1. The maximum atomic E-state index is 11.3. The summed E-state index contributed by atoms with van der Waals surface area (Å²) in [5.41, 5.74) is -1.51. The van der Waals surface area contributed by atoms with E-state index in [2.05, 4.69) is 21.6 Å². The summed E-state index contributed by atoms with van der Waals surface area (Å²) in [7, 11) is 0. The van der Waals surface area contributed by atoms with E-state index in [0.717, 1.165) is 18.7 Å². The van der Waals surface area contributed by atoms with Gasteiger partial charge in [-0.05, 0) is 34.1 Å². The number of aliphatic carboxylic acids is 1. The Hall–Kier alpha value is -1.17. The molecule has 0 unspecified atom stereocenters. The van der Waals surface area contributed by atoms with E-state index >= 15 is 0 Å². The first-order valence-electron chi connectivity index (χ1n) is 6.05. The molecule has 102 valence electrons. The van der Waals surface area contributed by atoms with Crippen LogP contribution in [0, 0.1) is 5.41 Å². The van der Waals surface area contributed by atoms with Gasteiger partial charge in [0.25, 0.3) is 0 Å². The molecule has 1 rings (SSSR count). The zero-order valence-electron chi connectivity index (χ0n) is 11.6. The Morgan fingerprint density at radius 1 is 1.39 bits per heavy atom. The fourth-order valence-corrected chi connectivity index (χ4v) is 2.09. The van der Waals surface area contributed by atoms with Gasteiger partial charge in [0.05, 0.1) is 5.41 Å². The number of hydrogen-bond acceptors (Lipinski definition) is 5. The van der Waals surface area contributed by atoms with Crippen molar-refractivity contribution < 1.29 is 9.90 Å². The van der Waals surface area contributed by atoms with Gasteiger partial charge in [0.2, 0.25) is 5.13 Å². The standard InChI is InChI=1S/C12H21N3O2S/c1-6-7-8-13-10(18-15-8)14-12(4,5)11(2,3)9(16)17/h6-7H2,1-5H3,(H,16,17)(H,13,14,15). The van der Waals surface area contributed by atoms with Crippen molar-refractivity contribution in [1.29, 1.82) is 0 Å². The minimum absolute atomic E-state index is 0.609. The SMILES string of the molecule is CCCc1nsc(NC(C)(C)C(C)(C)C(=O)O)n1. The molecular formula is C12H21N3O2S. The Balaban J connectivity index is 2.84. The number of carbonyl (C=O) groups is 1. The lowest BCUT2D eigenvalue weighted by Gasteiger charge is -2.38. The van der Waals surface area contributed by atoms with Crippen molar-refractivity contribution in [2.45, 2.75) is 53.0 Å². The highest BCUT2D eigenvalue weighted by Crippen LogP contribution is 2.34. The molecule has 1 heterocycles. The Labute approximate surface area is 112 Å². The van der Waals surface area contributed by atoms with Gasteiger partial charge >= 0.3 is 5.97 Å². The first kappa shape index (κ1) is 14.9. The number of anilines is 1. The third kappa shape index (κ3) is 2.98. The smallest absolute Gasteiger partial charge is 0.311 e. The van der Waals surface area contributed by atoms with Gasteiger partial charge in [-0.1, -0.05) is 6.92 Å². The van der Waals surface area contributed by atoms with Gasteiger partial charge in [-0.25, -0.2) is 4.98 Å². The predicted molar refractivity (Wildman–Crippen MR) is 73.0 cm³/mol. The molecule has 2 N–H and O–H groups in total. The van der Waals surface area contributed by atoms with E-state index in [0.29, 0.717) is 5.13 Å². The maximum absolute atomic E-state index is 11.3. The molecule has 0 spiro atoms. The van der Waals surface area contributed by atoms with Crippen LogP contribution >= 0.6 is 11.5 Å². The second-order valence-electron chi connectivity index (χ2n) is 5.45. The lowest BCUT2D eigenvalue weighted by atomic mass is 9.74. The molecule has 6 heteroatoms. The minimum Gasteiger partial charge on any atom is -0.481 e. The number of aromatic nitrogens is 2. The van der Waals surface area contributed by atoms with Crippen LogP contribution in [0.3, 0.4) is 0 Å². The number of nitrogens with one attached hydrogen (secondary N) is 1. The normalized spacial score (nSPS) is 12.5. The van der Waals surface area contributed by atoms with Crippen LogP contribution in [0.15, 0.2) is 0 Å². The van der Waals surface area contributed by atoms with E-state index in [1.807, 2.05) is 13.8 Å². The van der Waals surface area contributed by atoms with Crippen molar-refractivity contribution in [3.05, 3.63) is 5.82 Å². The van der Waals surface area contributed by atoms with E-state index < -0.39 is 16.9 Å². The molecule has 0 aromatic carbocycles. The number of carboxylic acids is 1. The van der Waals surface area contributed by atoms with Gasteiger partial charge in [0.15, 0.2) is 0 Å². The van der Waals surface area contributed by atoms with Crippen LogP contribution in [-0.4, -0.2) is 26.0 Å². The molecule has 0 aliphatic heterocycles. The summed E-state index contributed by atoms with van der Waals surface area (Å²) in [5.74, 6) is -0.0211. The second kappa shape index (κ2) is 5.22. The Kier molecular flexibility index (Phi) is 4.32. The summed E-state index contributed by atoms with van der Waals surface area (Å²) in [5, 5.41) is 13.1. The van der Waals surface area contributed by atoms with Crippen LogP contribution in [0.2, 0.25) is 0 Å². The van der Waals surface area contributed by atoms with E-state index in [-0.39, 0.29) is 0 Å². The summed E-state index contributed by atoms with van der Waals surface area (Å²) >= 11 is 1.28. The number of rotatable bonds is 6. The lowest BCUT2D eigenvalue weighted by Crippen LogP contribution is -2.50. The Morgan fingerprint density at radius 2 is 2.00 bits per heavy atom. The van der Waals surface area contributed by atoms with Crippen LogP contribution < -0.4 is 5.32 Å². The second-order valence-corrected chi connectivity index (χ2v) is 6.20. The van der Waals surface area contributed by atoms with Crippen LogP contribution in [0.1, 0.15) is 46.9 Å². The van der Waals surface area contributed by atoms with Crippen LogP contribution in [0.4, 0.5) is 5.13 Å². The van der Waals surface area contributed by atoms with E-state index in [1.54, 1.807) is 13.8 Å². The molecule has 0 radical (unpaired) electrons. The van der Waals surface area contributed by atoms with Crippen molar-refractivity contribution in [1.82, 2.24) is 9.36 Å². The van der Waals surface area contributed by atoms with Crippen molar-refractivity contribution in [2.24, 2.45) is 5.41 Å². The van der Waals surface area contributed by atoms with Gasteiger partial charge in [-0.15, -0.1) is 0 Å².